The highest BCUT2D eigenvalue weighted by Gasteiger charge is 2.32. The molecule has 3 N–H and O–H groups in total. The molecule has 0 aliphatic rings. The standard InChI is InChI=1S/C14H23FN2O/c1-5-14(3,18-4)13(17-16)9-11-6-7-12(15)8-10(11)2/h6-8,13,17H,5,9,16H2,1-4H3. The van der Waals surface area contributed by atoms with E-state index in [9.17, 15) is 4.39 Å². The van der Waals surface area contributed by atoms with Gasteiger partial charge in [-0.25, -0.2) is 4.39 Å². The smallest absolute Gasteiger partial charge is 0.123 e. The Morgan fingerprint density at radius 2 is 2.17 bits per heavy atom. The van der Waals surface area contributed by atoms with E-state index in [-0.39, 0.29) is 17.5 Å². The van der Waals surface area contributed by atoms with Crippen LogP contribution in [0.5, 0.6) is 0 Å². The molecule has 4 heteroatoms. The summed E-state index contributed by atoms with van der Waals surface area (Å²) in [6, 6.07) is 4.81. The average molecular weight is 254 g/mol. The third-order valence-corrected chi connectivity index (χ3v) is 3.84. The SMILES string of the molecule is CCC(C)(OC)C(Cc1ccc(F)cc1C)NN. The fourth-order valence-electron chi connectivity index (χ4n) is 2.09. The molecule has 0 saturated carbocycles. The van der Waals surface area contributed by atoms with Crippen molar-refractivity contribution in [3.8, 4) is 0 Å². The molecule has 0 bridgehead atoms. The second kappa shape index (κ2) is 6.27. The van der Waals surface area contributed by atoms with Gasteiger partial charge < -0.3 is 4.74 Å². The molecular weight excluding hydrogens is 231 g/mol. The molecule has 1 aromatic rings. The molecule has 102 valence electrons. The fraction of sp³-hybridized carbons (Fsp3) is 0.571. The minimum Gasteiger partial charge on any atom is -0.377 e. The molecule has 2 atom stereocenters. The van der Waals surface area contributed by atoms with Crippen molar-refractivity contribution in [2.75, 3.05) is 7.11 Å². The van der Waals surface area contributed by atoms with Gasteiger partial charge in [-0.05, 0) is 49.9 Å². The topological polar surface area (TPSA) is 47.3 Å². The summed E-state index contributed by atoms with van der Waals surface area (Å²) in [6.45, 7) is 5.99. The van der Waals surface area contributed by atoms with Gasteiger partial charge in [-0.15, -0.1) is 0 Å². The van der Waals surface area contributed by atoms with Crippen LogP contribution in [0.25, 0.3) is 0 Å². The lowest BCUT2D eigenvalue weighted by atomic mass is 9.87. The zero-order chi connectivity index (χ0) is 13.8. The Morgan fingerprint density at radius 3 is 2.61 bits per heavy atom. The summed E-state index contributed by atoms with van der Waals surface area (Å²) in [4.78, 5) is 0. The molecule has 1 rings (SSSR count). The molecule has 0 saturated heterocycles. The summed E-state index contributed by atoms with van der Waals surface area (Å²) in [5.74, 6) is 5.42. The van der Waals surface area contributed by atoms with E-state index >= 15 is 0 Å². The van der Waals surface area contributed by atoms with Crippen LogP contribution in [0.1, 0.15) is 31.4 Å². The number of hydrogen-bond acceptors (Lipinski definition) is 3. The van der Waals surface area contributed by atoms with Crippen LogP contribution >= 0.6 is 0 Å². The van der Waals surface area contributed by atoms with Crippen molar-refractivity contribution in [1.82, 2.24) is 5.43 Å². The van der Waals surface area contributed by atoms with E-state index < -0.39 is 0 Å². The first-order chi connectivity index (χ1) is 8.46. The third-order valence-electron chi connectivity index (χ3n) is 3.84. The highest BCUT2D eigenvalue weighted by Crippen LogP contribution is 2.23. The second-order valence-electron chi connectivity index (χ2n) is 4.86. The van der Waals surface area contributed by atoms with Crippen molar-refractivity contribution in [2.24, 2.45) is 5.84 Å². The number of benzene rings is 1. The number of hydrogen-bond donors (Lipinski definition) is 2. The van der Waals surface area contributed by atoms with Crippen molar-refractivity contribution < 1.29 is 9.13 Å². The number of hydrazine groups is 1. The van der Waals surface area contributed by atoms with Crippen LogP contribution in [0.15, 0.2) is 18.2 Å². The van der Waals surface area contributed by atoms with E-state index in [1.807, 2.05) is 13.8 Å². The first-order valence-electron chi connectivity index (χ1n) is 6.23. The summed E-state index contributed by atoms with van der Waals surface area (Å²) in [5.41, 5.74) is 4.49. The van der Waals surface area contributed by atoms with Crippen molar-refractivity contribution in [2.45, 2.75) is 45.3 Å². The summed E-state index contributed by atoms with van der Waals surface area (Å²) < 4.78 is 18.6. The number of methoxy groups -OCH3 is 1. The molecule has 2 unspecified atom stereocenters. The summed E-state index contributed by atoms with van der Waals surface area (Å²) in [7, 11) is 1.69. The summed E-state index contributed by atoms with van der Waals surface area (Å²) >= 11 is 0. The Labute approximate surface area is 108 Å². The van der Waals surface area contributed by atoms with Gasteiger partial charge >= 0.3 is 0 Å². The van der Waals surface area contributed by atoms with Gasteiger partial charge in [0.05, 0.1) is 11.6 Å². The van der Waals surface area contributed by atoms with Gasteiger partial charge in [0, 0.05) is 7.11 Å². The van der Waals surface area contributed by atoms with Gasteiger partial charge in [0.15, 0.2) is 0 Å². The Hall–Kier alpha value is -0.970. The molecule has 0 aliphatic carbocycles. The maximum absolute atomic E-state index is 13.1. The van der Waals surface area contributed by atoms with E-state index in [1.54, 1.807) is 19.2 Å². The van der Waals surface area contributed by atoms with Gasteiger partial charge in [-0.2, -0.15) is 0 Å². The molecule has 3 nitrogen and oxygen atoms in total. The van der Waals surface area contributed by atoms with Crippen LogP contribution in [0.2, 0.25) is 0 Å². The number of rotatable bonds is 6. The minimum atomic E-state index is -0.338. The van der Waals surface area contributed by atoms with Crippen molar-refractivity contribution in [3.63, 3.8) is 0 Å². The molecule has 1 aromatic carbocycles. The maximum Gasteiger partial charge on any atom is 0.123 e. The van der Waals surface area contributed by atoms with Gasteiger partial charge in [-0.3, -0.25) is 11.3 Å². The van der Waals surface area contributed by atoms with Gasteiger partial charge in [0.25, 0.3) is 0 Å². The number of nitrogens with two attached hydrogens (primary N) is 1. The maximum atomic E-state index is 13.1. The zero-order valence-corrected chi connectivity index (χ0v) is 11.6. The highest BCUT2D eigenvalue weighted by molar-refractivity contribution is 5.27. The van der Waals surface area contributed by atoms with E-state index in [1.165, 1.54) is 6.07 Å². The number of halogens is 1. The Bertz CT molecular complexity index is 391. The normalized spacial score (nSPS) is 16.3. The van der Waals surface area contributed by atoms with Crippen LogP contribution < -0.4 is 11.3 Å². The molecule has 0 aromatic heterocycles. The first kappa shape index (κ1) is 15.1. The monoisotopic (exact) mass is 254 g/mol. The molecule has 0 aliphatic heterocycles. The second-order valence-corrected chi connectivity index (χ2v) is 4.86. The number of ether oxygens (including phenoxy) is 1. The Balaban J connectivity index is 2.92. The molecule has 0 spiro atoms. The molecule has 0 amide bonds. The largest absolute Gasteiger partial charge is 0.377 e. The molecule has 0 radical (unpaired) electrons. The molecule has 0 fully saturated rings. The van der Waals surface area contributed by atoms with Gasteiger partial charge in [0.2, 0.25) is 0 Å². The van der Waals surface area contributed by atoms with E-state index in [0.29, 0.717) is 6.42 Å². The quantitative estimate of drug-likeness (QED) is 0.605. The van der Waals surface area contributed by atoms with Gasteiger partial charge in [0.1, 0.15) is 5.82 Å². The van der Waals surface area contributed by atoms with Crippen LogP contribution in [0.3, 0.4) is 0 Å². The van der Waals surface area contributed by atoms with Crippen molar-refractivity contribution in [1.29, 1.82) is 0 Å². The molecule has 18 heavy (non-hydrogen) atoms. The lowest BCUT2D eigenvalue weighted by Crippen LogP contribution is -2.53. The van der Waals surface area contributed by atoms with Crippen LogP contribution in [-0.2, 0) is 11.2 Å². The molecule has 0 heterocycles. The first-order valence-corrected chi connectivity index (χ1v) is 6.23. The summed E-state index contributed by atoms with van der Waals surface area (Å²) in [6.07, 6.45) is 1.55. The zero-order valence-electron chi connectivity index (χ0n) is 11.6. The third kappa shape index (κ3) is 3.28. The van der Waals surface area contributed by atoms with E-state index in [0.717, 1.165) is 17.5 Å². The Kier molecular flexibility index (Phi) is 5.26. The highest BCUT2D eigenvalue weighted by atomic mass is 19.1. The van der Waals surface area contributed by atoms with Crippen LogP contribution in [-0.4, -0.2) is 18.8 Å². The number of nitrogens with one attached hydrogen (secondary N) is 1. The molecular formula is C14H23FN2O. The summed E-state index contributed by atoms with van der Waals surface area (Å²) in [5, 5.41) is 0. The number of aryl methyl sites for hydroxylation is 1. The van der Waals surface area contributed by atoms with Crippen LogP contribution in [0, 0.1) is 12.7 Å². The lowest BCUT2D eigenvalue weighted by Gasteiger charge is -2.35. The minimum absolute atomic E-state index is 0.0170. The Morgan fingerprint density at radius 1 is 1.50 bits per heavy atom. The predicted octanol–water partition coefficient (Wildman–Crippen LogP) is 2.32. The average Bonchev–Trinajstić information content (AvgIpc) is 2.37. The van der Waals surface area contributed by atoms with Crippen molar-refractivity contribution >= 4 is 0 Å². The van der Waals surface area contributed by atoms with Gasteiger partial charge in [-0.1, -0.05) is 13.0 Å². The van der Waals surface area contributed by atoms with E-state index in [4.69, 9.17) is 10.6 Å². The van der Waals surface area contributed by atoms with E-state index in [2.05, 4.69) is 12.3 Å². The van der Waals surface area contributed by atoms with Crippen molar-refractivity contribution in [3.05, 3.63) is 35.1 Å². The fourth-order valence-corrected chi connectivity index (χ4v) is 2.09. The van der Waals surface area contributed by atoms with Crippen LogP contribution in [0.4, 0.5) is 4.39 Å². The predicted molar refractivity (Wildman–Crippen MR) is 71.7 cm³/mol. The lowest BCUT2D eigenvalue weighted by molar-refractivity contribution is -0.0288.